The van der Waals surface area contributed by atoms with Gasteiger partial charge in [-0.1, -0.05) is 0 Å². The summed E-state index contributed by atoms with van der Waals surface area (Å²) in [5, 5.41) is 8.46. The molecule has 0 aliphatic heterocycles. The van der Waals surface area contributed by atoms with Crippen LogP contribution in [0.4, 0.5) is 0 Å². The fourth-order valence-electron chi connectivity index (χ4n) is 1.15. The van der Waals surface area contributed by atoms with Gasteiger partial charge in [-0.25, -0.2) is 13.6 Å². The minimum absolute atomic E-state index is 0.251. The molecule has 0 unspecified atom stereocenters. The van der Waals surface area contributed by atoms with Crippen molar-refractivity contribution in [2.75, 3.05) is 0 Å². The number of rotatable bonds is 3. The highest BCUT2D eigenvalue weighted by Crippen LogP contribution is 2.15. The minimum Gasteiger partial charge on any atom is -0.268 e. The van der Waals surface area contributed by atoms with Crippen LogP contribution in [0.3, 0.4) is 0 Å². The Balaban J connectivity index is 2.91. The number of aryl methyl sites for hydroxylation is 1. The second kappa shape index (κ2) is 3.70. The van der Waals surface area contributed by atoms with Crippen LogP contribution >= 0.6 is 0 Å². The van der Waals surface area contributed by atoms with Gasteiger partial charge in [-0.15, -0.1) is 0 Å². The zero-order valence-electron chi connectivity index (χ0n) is 8.51. The summed E-state index contributed by atoms with van der Waals surface area (Å²) in [5.74, 6) is 0. The van der Waals surface area contributed by atoms with E-state index in [1.165, 1.54) is 0 Å². The molecule has 0 saturated carbocycles. The van der Waals surface area contributed by atoms with E-state index in [1.807, 2.05) is 6.92 Å². The molecule has 14 heavy (non-hydrogen) atoms. The fourth-order valence-corrected chi connectivity index (χ4v) is 1.82. The molecule has 2 N–H and O–H groups in total. The van der Waals surface area contributed by atoms with Crippen LogP contribution in [-0.2, 0) is 10.0 Å². The lowest BCUT2D eigenvalue weighted by Crippen LogP contribution is -2.33. The van der Waals surface area contributed by atoms with Crippen molar-refractivity contribution in [1.29, 1.82) is 0 Å². The molecule has 6 heteroatoms. The van der Waals surface area contributed by atoms with Crippen molar-refractivity contribution in [3.05, 3.63) is 18.0 Å². The molecule has 5 nitrogen and oxygen atoms in total. The van der Waals surface area contributed by atoms with Gasteiger partial charge >= 0.3 is 0 Å². The number of sulfonamides is 1. The van der Waals surface area contributed by atoms with Crippen LogP contribution in [0.1, 0.15) is 25.5 Å². The van der Waals surface area contributed by atoms with Gasteiger partial charge in [0.05, 0.1) is 17.5 Å². The van der Waals surface area contributed by atoms with Crippen molar-refractivity contribution in [3.63, 3.8) is 0 Å². The van der Waals surface area contributed by atoms with Crippen molar-refractivity contribution in [2.24, 2.45) is 5.14 Å². The van der Waals surface area contributed by atoms with Crippen LogP contribution in [0.5, 0.6) is 0 Å². The Bertz CT molecular complexity index is 410. The Hall–Kier alpha value is -0.880. The van der Waals surface area contributed by atoms with E-state index >= 15 is 0 Å². The molecule has 0 amide bonds. The van der Waals surface area contributed by atoms with E-state index in [9.17, 15) is 8.42 Å². The summed E-state index contributed by atoms with van der Waals surface area (Å²) in [6, 6.07) is -0.251. The van der Waals surface area contributed by atoms with E-state index < -0.39 is 15.3 Å². The van der Waals surface area contributed by atoms with Crippen LogP contribution in [0.25, 0.3) is 0 Å². The molecule has 0 spiro atoms. The molecule has 0 bridgehead atoms. The molecule has 0 saturated heterocycles. The second-order valence-corrected chi connectivity index (χ2v) is 5.45. The molecular weight excluding hydrogens is 202 g/mol. The smallest absolute Gasteiger partial charge is 0.213 e. The van der Waals surface area contributed by atoms with E-state index in [2.05, 4.69) is 5.10 Å². The highest BCUT2D eigenvalue weighted by atomic mass is 32.2. The third kappa shape index (κ3) is 2.33. The standard InChI is InChI=1S/C8H15N3O2S/c1-6-4-10-11(5-6)7(2)8(3)14(9,12)13/h4-5,7-8H,1-3H3,(H2,9,12,13)/t7-,8-/m1/s1. The third-order valence-corrected chi connectivity index (χ3v) is 3.78. The van der Waals surface area contributed by atoms with Gasteiger partial charge in [0.1, 0.15) is 0 Å². The zero-order chi connectivity index (χ0) is 10.9. The molecular formula is C8H15N3O2S. The SMILES string of the molecule is Cc1cnn([C@H](C)[C@@H](C)S(N)(=O)=O)c1. The summed E-state index contributed by atoms with van der Waals surface area (Å²) in [7, 11) is -3.50. The van der Waals surface area contributed by atoms with E-state index in [1.54, 1.807) is 30.9 Å². The lowest BCUT2D eigenvalue weighted by Gasteiger charge is -2.18. The average molecular weight is 217 g/mol. The normalized spacial score (nSPS) is 16.6. The highest BCUT2D eigenvalue weighted by Gasteiger charge is 2.24. The van der Waals surface area contributed by atoms with Gasteiger partial charge in [0, 0.05) is 6.20 Å². The van der Waals surface area contributed by atoms with Gasteiger partial charge in [-0.3, -0.25) is 4.68 Å². The topological polar surface area (TPSA) is 78.0 Å². The van der Waals surface area contributed by atoms with Gasteiger partial charge in [0.2, 0.25) is 10.0 Å². The van der Waals surface area contributed by atoms with Gasteiger partial charge in [0.15, 0.2) is 0 Å². The van der Waals surface area contributed by atoms with Crippen molar-refractivity contribution in [2.45, 2.75) is 32.1 Å². The van der Waals surface area contributed by atoms with E-state index in [4.69, 9.17) is 5.14 Å². The minimum atomic E-state index is -3.50. The number of aromatic nitrogens is 2. The Morgan fingerprint density at radius 1 is 1.50 bits per heavy atom. The summed E-state index contributed by atoms with van der Waals surface area (Å²) in [6.07, 6.45) is 3.48. The maximum atomic E-state index is 11.1. The Labute approximate surface area is 84.0 Å². The fraction of sp³-hybridized carbons (Fsp3) is 0.625. The van der Waals surface area contributed by atoms with Crippen molar-refractivity contribution < 1.29 is 8.42 Å². The molecule has 1 aromatic rings. The van der Waals surface area contributed by atoms with E-state index in [0.717, 1.165) is 5.56 Å². The first kappa shape index (κ1) is 11.2. The Kier molecular flexibility index (Phi) is 2.96. The van der Waals surface area contributed by atoms with Crippen LogP contribution in [-0.4, -0.2) is 23.4 Å². The monoisotopic (exact) mass is 217 g/mol. The predicted octanol–water partition coefficient (Wildman–Crippen LogP) is 0.430. The van der Waals surface area contributed by atoms with Crippen LogP contribution < -0.4 is 5.14 Å². The van der Waals surface area contributed by atoms with Crippen molar-refractivity contribution in [3.8, 4) is 0 Å². The maximum absolute atomic E-state index is 11.1. The summed E-state index contributed by atoms with van der Waals surface area (Å²) < 4.78 is 23.8. The first-order chi connectivity index (χ1) is 6.32. The molecule has 1 aromatic heterocycles. The first-order valence-corrected chi connectivity index (χ1v) is 5.95. The second-order valence-electron chi connectivity index (χ2n) is 3.53. The molecule has 0 fully saturated rings. The molecule has 2 atom stereocenters. The first-order valence-electron chi connectivity index (χ1n) is 4.34. The summed E-state index contributed by atoms with van der Waals surface area (Å²) >= 11 is 0. The van der Waals surface area contributed by atoms with E-state index in [-0.39, 0.29) is 6.04 Å². The zero-order valence-corrected chi connectivity index (χ0v) is 9.32. The number of hydrogen-bond donors (Lipinski definition) is 1. The molecule has 80 valence electrons. The maximum Gasteiger partial charge on any atom is 0.213 e. The average Bonchev–Trinajstić information content (AvgIpc) is 2.47. The molecule has 1 rings (SSSR count). The third-order valence-electron chi connectivity index (χ3n) is 2.35. The van der Waals surface area contributed by atoms with Crippen molar-refractivity contribution >= 4 is 10.0 Å². The molecule has 1 heterocycles. The largest absolute Gasteiger partial charge is 0.268 e. The van der Waals surface area contributed by atoms with Gasteiger partial charge in [-0.05, 0) is 26.3 Å². The summed E-state index contributed by atoms with van der Waals surface area (Å²) in [4.78, 5) is 0. The van der Waals surface area contributed by atoms with Gasteiger partial charge < -0.3 is 0 Å². The van der Waals surface area contributed by atoms with E-state index in [0.29, 0.717) is 0 Å². The Morgan fingerprint density at radius 2 is 2.07 bits per heavy atom. The molecule has 0 aliphatic rings. The van der Waals surface area contributed by atoms with Crippen molar-refractivity contribution in [1.82, 2.24) is 9.78 Å². The number of nitrogens with two attached hydrogens (primary N) is 1. The lowest BCUT2D eigenvalue weighted by atomic mass is 10.2. The van der Waals surface area contributed by atoms with Crippen LogP contribution in [0, 0.1) is 6.92 Å². The lowest BCUT2D eigenvalue weighted by molar-refractivity contribution is 0.465. The number of nitrogens with zero attached hydrogens (tertiary/aromatic N) is 2. The van der Waals surface area contributed by atoms with Gasteiger partial charge in [0.25, 0.3) is 0 Å². The molecule has 0 aromatic carbocycles. The van der Waals surface area contributed by atoms with Gasteiger partial charge in [-0.2, -0.15) is 5.10 Å². The van der Waals surface area contributed by atoms with Crippen LogP contribution in [0.2, 0.25) is 0 Å². The highest BCUT2D eigenvalue weighted by molar-refractivity contribution is 7.89. The Morgan fingerprint density at radius 3 is 2.43 bits per heavy atom. The van der Waals surface area contributed by atoms with Crippen LogP contribution in [0.15, 0.2) is 12.4 Å². The number of hydrogen-bond acceptors (Lipinski definition) is 3. The molecule has 0 radical (unpaired) electrons. The summed E-state index contributed by atoms with van der Waals surface area (Å²) in [6.45, 7) is 5.26. The quantitative estimate of drug-likeness (QED) is 0.797. The predicted molar refractivity (Wildman–Crippen MR) is 54.2 cm³/mol. The summed E-state index contributed by atoms with van der Waals surface area (Å²) in [5.41, 5.74) is 0.999. The molecule has 0 aliphatic carbocycles. The number of primary sulfonamides is 1.